The molecule has 33 heavy (non-hydrogen) atoms. The first-order chi connectivity index (χ1) is 16.1. The molecule has 0 atom stereocenters. The van der Waals surface area contributed by atoms with Crippen LogP contribution in [0.25, 0.3) is 22.6 Å². The summed E-state index contributed by atoms with van der Waals surface area (Å²) in [5.41, 5.74) is 6.37. The van der Waals surface area contributed by atoms with Gasteiger partial charge in [-0.25, -0.2) is 9.97 Å². The summed E-state index contributed by atoms with van der Waals surface area (Å²) in [7, 11) is 3.27. The number of rotatable bonds is 6. The van der Waals surface area contributed by atoms with Crippen LogP contribution >= 0.6 is 11.6 Å². The molecule has 8 heteroatoms. The predicted octanol–water partition coefficient (Wildman–Crippen LogP) is 4.76. The molecule has 2 aromatic heterocycles. The minimum atomic E-state index is 0.691. The van der Waals surface area contributed by atoms with Crippen LogP contribution in [-0.4, -0.2) is 45.8 Å². The number of aromatic amines is 1. The molecule has 0 saturated heterocycles. The molecular weight excluding hydrogens is 438 g/mol. The highest BCUT2D eigenvalue weighted by Gasteiger charge is 2.21. The zero-order valence-electron chi connectivity index (χ0n) is 18.5. The van der Waals surface area contributed by atoms with Crippen LogP contribution in [0.5, 0.6) is 11.5 Å². The van der Waals surface area contributed by atoms with Gasteiger partial charge in [0.2, 0.25) is 0 Å². The minimum absolute atomic E-state index is 0.691. The predicted molar refractivity (Wildman–Crippen MR) is 127 cm³/mol. The van der Waals surface area contributed by atoms with Crippen molar-refractivity contribution in [3.63, 3.8) is 0 Å². The van der Waals surface area contributed by atoms with Crippen LogP contribution in [0, 0.1) is 0 Å². The Morgan fingerprint density at radius 2 is 1.79 bits per heavy atom. The second kappa shape index (κ2) is 9.21. The quantitative estimate of drug-likeness (QED) is 0.446. The summed E-state index contributed by atoms with van der Waals surface area (Å²) in [6, 6.07) is 13.5. The molecule has 1 aliphatic rings. The average Bonchev–Trinajstić information content (AvgIpc) is 3.31. The van der Waals surface area contributed by atoms with Crippen LogP contribution in [0.3, 0.4) is 0 Å². The van der Waals surface area contributed by atoms with Crippen molar-refractivity contribution >= 4 is 11.6 Å². The molecule has 7 nitrogen and oxygen atoms in total. The molecule has 0 radical (unpaired) electrons. The van der Waals surface area contributed by atoms with Crippen molar-refractivity contribution in [1.82, 2.24) is 25.1 Å². The fourth-order valence-corrected chi connectivity index (χ4v) is 4.29. The van der Waals surface area contributed by atoms with E-state index in [-0.39, 0.29) is 0 Å². The number of hydrogen-bond acceptors (Lipinski definition) is 6. The summed E-state index contributed by atoms with van der Waals surface area (Å²) in [4.78, 5) is 11.8. The second-order valence-electron chi connectivity index (χ2n) is 7.97. The standard InChI is InChI=1S/C25H24ClN5O2/c1-32-22-8-5-17(11-23(22)33-2)24-19(13-28-30-24)15-31-10-9-21-18(14-31)12-27-25(29-21)16-3-6-20(26)7-4-16/h3-8,11-13H,9-10,14-15H2,1-2H3,(H,28,30). The SMILES string of the molecule is COc1ccc(-c2[nH]ncc2CN2CCc3nc(-c4ccc(Cl)cc4)ncc3C2)cc1OC. The lowest BCUT2D eigenvalue weighted by molar-refractivity contribution is 0.243. The lowest BCUT2D eigenvalue weighted by Gasteiger charge is -2.28. The van der Waals surface area contributed by atoms with Crippen LogP contribution < -0.4 is 9.47 Å². The fourth-order valence-electron chi connectivity index (χ4n) is 4.16. The normalized spacial score (nSPS) is 13.5. The van der Waals surface area contributed by atoms with Gasteiger partial charge in [0.15, 0.2) is 17.3 Å². The third-order valence-corrected chi connectivity index (χ3v) is 6.15. The topological polar surface area (TPSA) is 76.2 Å². The van der Waals surface area contributed by atoms with Gasteiger partial charge in [-0.1, -0.05) is 11.6 Å². The molecular formula is C25H24ClN5O2. The molecule has 4 aromatic rings. The van der Waals surface area contributed by atoms with E-state index in [1.54, 1.807) is 14.2 Å². The van der Waals surface area contributed by atoms with Gasteiger partial charge in [-0.15, -0.1) is 0 Å². The molecule has 0 amide bonds. The monoisotopic (exact) mass is 461 g/mol. The first-order valence-electron chi connectivity index (χ1n) is 10.7. The largest absolute Gasteiger partial charge is 0.493 e. The Hall–Kier alpha value is -3.42. The van der Waals surface area contributed by atoms with E-state index >= 15 is 0 Å². The zero-order valence-corrected chi connectivity index (χ0v) is 19.3. The molecule has 0 aliphatic carbocycles. The smallest absolute Gasteiger partial charge is 0.161 e. The van der Waals surface area contributed by atoms with E-state index in [4.69, 9.17) is 26.1 Å². The first-order valence-corrected chi connectivity index (χ1v) is 11.1. The third-order valence-electron chi connectivity index (χ3n) is 5.90. The van der Waals surface area contributed by atoms with Crippen molar-refractivity contribution in [3.8, 4) is 34.1 Å². The van der Waals surface area contributed by atoms with Gasteiger partial charge in [-0.05, 0) is 42.5 Å². The third kappa shape index (κ3) is 4.42. The van der Waals surface area contributed by atoms with E-state index in [9.17, 15) is 0 Å². The maximum Gasteiger partial charge on any atom is 0.161 e. The van der Waals surface area contributed by atoms with Crippen LogP contribution in [-0.2, 0) is 19.5 Å². The number of benzene rings is 2. The summed E-state index contributed by atoms with van der Waals surface area (Å²) in [6.45, 7) is 2.49. The first kappa shape index (κ1) is 21.4. The lowest BCUT2D eigenvalue weighted by Crippen LogP contribution is -2.31. The van der Waals surface area contributed by atoms with Crippen LogP contribution in [0.15, 0.2) is 54.9 Å². The van der Waals surface area contributed by atoms with Gasteiger partial charge in [0, 0.05) is 59.5 Å². The van der Waals surface area contributed by atoms with Crippen molar-refractivity contribution in [2.24, 2.45) is 0 Å². The highest BCUT2D eigenvalue weighted by molar-refractivity contribution is 6.30. The van der Waals surface area contributed by atoms with Crippen molar-refractivity contribution < 1.29 is 9.47 Å². The number of nitrogens with zero attached hydrogens (tertiary/aromatic N) is 4. The molecule has 0 bridgehead atoms. The maximum atomic E-state index is 6.00. The molecule has 2 aromatic carbocycles. The maximum absolute atomic E-state index is 6.00. The Labute approximate surface area is 197 Å². The number of ether oxygens (including phenoxy) is 2. The Morgan fingerprint density at radius 1 is 1.00 bits per heavy atom. The highest BCUT2D eigenvalue weighted by Crippen LogP contribution is 2.33. The summed E-state index contributed by atoms with van der Waals surface area (Å²) < 4.78 is 10.8. The van der Waals surface area contributed by atoms with E-state index < -0.39 is 0 Å². The van der Waals surface area contributed by atoms with Crippen LogP contribution in [0.1, 0.15) is 16.8 Å². The van der Waals surface area contributed by atoms with Crippen molar-refractivity contribution in [1.29, 1.82) is 0 Å². The molecule has 1 aliphatic heterocycles. The number of H-pyrrole nitrogens is 1. The molecule has 0 fully saturated rings. The fraction of sp³-hybridized carbons (Fsp3) is 0.240. The molecule has 0 unspecified atom stereocenters. The van der Waals surface area contributed by atoms with Crippen molar-refractivity contribution in [2.75, 3.05) is 20.8 Å². The van der Waals surface area contributed by atoms with Crippen molar-refractivity contribution in [3.05, 3.63) is 76.7 Å². The number of halogens is 1. The van der Waals surface area contributed by atoms with Gasteiger partial charge in [0.25, 0.3) is 0 Å². The number of hydrogen-bond donors (Lipinski definition) is 1. The minimum Gasteiger partial charge on any atom is -0.493 e. The summed E-state index contributed by atoms with van der Waals surface area (Å²) in [6.07, 6.45) is 4.72. The van der Waals surface area contributed by atoms with E-state index in [2.05, 4.69) is 20.1 Å². The molecule has 3 heterocycles. The molecule has 0 saturated carbocycles. The number of fused-ring (bicyclic) bond motifs is 1. The second-order valence-corrected chi connectivity index (χ2v) is 8.41. The Morgan fingerprint density at radius 3 is 2.58 bits per heavy atom. The lowest BCUT2D eigenvalue weighted by atomic mass is 10.0. The van der Waals surface area contributed by atoms with Gasteiger partial charge < -0.3 is 9.47 Å². The molecule has 0 spiro atoms. The van der Waals surface area contributed by atoms with E-state index in [1.165, 1.54) is 0 Å². The van der Waals surface area contributed by atoms with Gasteiger partial charge in [0.05, 0.1) is 31.8 Å². The van der Waals surface area contributed by atoms with Gasteiger partial charge >= 0.3 is 0 Å². The van der Waals surface area contributed by atoms with E-state index in [0.717, 1.165) is 65.5 Å². The summed E-state index contributed by atoms with van der Waals surface area (Å²) >= 11 is 6.00. The Balaban J connectivity index is 1.33. The molecule has 5 rings (SSSR count). The van der Waals surface area contributed by atoms with Gasteiger partial charge in [0.1, 0.15) is 0 Å². The highest BCUT2D eigenvalue weighted by atomic mass is 35.5. The molecule has 1 N–H and O–H groups in total. The van der Waals surface area contributed by atoms with Crippen LogP contribution in [0.4, 0.5) is 0 Å². The summed E-state index contributed by atoms with van der Waals surface area (Å²) in [5.74, 6) is 2.13. The Kier molecular flexibility index (Phi) is 5.98. The zero-order chi connectivity index (χ0) is 22.8. The number of nitrogens with one attached hydrogen (secondary N) is 1. The van der Waals surface area contributed by atoms with Gasteiger partial charge in [-0.2, -0.15) is 5.10 Å². The number of aromatic nitrogens is 4. The average molecular weight is 462 g/mol. The van der Waals surface area contributed by atoms with Crippen molar-refractivity contribution in [2.45, 2.75) is 19.5 Å². The summed E-state index contributed by atoms with van der Waals surface area (Å²) in [5, 5.41) is 8.15. The van der Waals surface area contributed by atoms with E-state index in [1.807, 2.05) is 54.9 Å². The van der Waals surface area contributed by atoms with E-state index in [0.29, 0.717) is 16.5 Å². The molecule has 168 valence electrons. The van der Waals surface area contributed by atoms with Crippen LogP contribution in [0.2, 0.25) is 5.02 Å². The van der Waals surface area contributed by atoms with Gasteiger partial charge in [-0.3, -0.25) is 10.00 Å². The Bertz CT molecular complexity index is 1270. The number of methoxy groups -OCH3 is 2.